The minimum Gasteiger partial charge on any atom is -0.480 e. The third-order valence-corrected chi connectivity index (χ3v) is 3.49. The highest BCUT2D eigenvalue weighted by Crippen LogP contribution is 2.15. The van der Waals surface area contributed by atoms with E-state index in [1.54, 1.807) is 36.5 Å². The second kappa shape index (κ2) is 8.75. The second-order valence-corrected chi connectivity index (χ2v) is 6.25. The molecule has 0 fully saturated rings. The smallest absolute Gasteiger partial charge is 0.323 e. The number of nitrogens with one attached hydrogen (secondary N) is 1. The van der Waals surface area contributed by atoms with Crippen LogP contribution in [0.2, 0.25) is 0 Å². The van der Waals surface area contributed by atoms with Crippen LogP contribution in [-0.2, 0) is 4.79 Å². The lowest BCUT2D eigenvalue weighted by atomic mass is 10.1. The Labute approximate surface area is 151 Å². The SMILES string of the molecule is CC(C)CN(CC(=O)O)C(=O)c1cccc(NC(=O)c2cccnc2)c1. The van der Waals surface area contributed by atoms with Crippen LogP contribution in [0.15, 0.2) is 48.8 Å². The maximum atomic E-state index is 12.7. The zero-order valence-corrected chi connectivity index (χ0v) is 14.7. The summed E-state index contributed by atoms with van der Waals surface area (Å²) < 4.78 is 0. The van der Waals surface area contributed by atoms with Crippen molar-refractivity contribution in [2.24, 2.45) is 5.92 Å². The molecule has 0 saturated heterocycles. The van der Waals surface area contributed by atoms with Crippen molar-refractivity contribution in [3.63, 3.8) is 0 Å². The number of aromatic nitrogens is 1. The molecular weight excluding hydrogens is 334 g/mol. The molecule has 0 aliphatic rings. The van der Waals surface area contributed by atoms with Gasteiger partial charge in [-0.25, -0.2) is 0 Å². The summed E-state index contributed by atoms with van der Waals surface area (Å²) in [6, 6.07) is 9.72. The van der Waals surface area contributed by atoms with Crippen molar-refractivity contribution in [2.45, 2.75) is 13.8 Å². The molecule has 0 spiro atoms. The van der Waals surface area contributed by atoms with Crippen molar-refractivity contribution in [3.8, 4) is 0 Å². The number of carbonyl (C=O) groups is 3. The van der Waals surface area contributed by atoms with Gasteiger partial charge < -0.3 is 15.3 Å². The lowest BCUT2D eigenvalue weighted by molar-refractivity contribution is -0.137. The van der Waals surface area contributed by atoms with Gasteiger partial charge in [0.15, 0.2) is 0 Å². The number of hydrogen-bond donors (Lipinski definition) is 2. The average Bonchev–Trinajstić information content (AvgIpc) is 2.60. The van der Waals surface area contributed by atoms with Gasteiger partial charge in [-0.05, 0) is 36.2 Å². The quantitative estimate of drug-likeness (QED) is 0.795. The third-order valence-electron chi connectivity index (χ3n) is 3.49. The molecule has 0 bridgehead atoms. The molecule has 1 aromatic heterocycles. The van der Waals surface area contributed by atoms with Crippen LogP contribution in [-0.4, -0.2) is 45.9 Å². The van der Waals surface area contributed by atoms with Crippen molar-refractivity contribution < 1.29 is 19.5 Å². The van der Waals surface area contributed by atoms with Gasteiger partial charge in [0, 0.05) is 30.2 Å². The number of nitrogens with zero attached hydrogens (tertiary/aromatic N) is 2. The number of amides is 2. The summed E-state index contributed by atoms with van der Waals surface area (Å²) in [6.07, 6.45) is 3.02. The van der Waals surface area contributed by atoms with Crippen LogP contribution in [0.1, 0.15) is 34.6 Å². The number of pyridine rings is 1. The number of benzene rings is 1. The predicted octanol–water partition coefficient (Wildman–Crippen LogP) is 2.52. The Balaban J connectivity index is 2.17. The summed E-state index contributed by atoms with van der Waals surface area (Å²) in [5, 5.41) is 11.7. The molecule has 0 unspecified atom stereocenters. The maximum absolute atomic E-state index is 12.7. The third kappa shape index (κ3) is 5.41. The van der Waals surface area contributed by atoms with E-state index in [0.717, 1.165) is 0 Å². The highest BCUT2D eigenvalue weighted by Gasteiger charge is 2.20. The summed E-state index contributed by atoms with van der Waals surface area (Å²) in [4.78, 5) is 41.1. The van der Waals surface area contributed by atoms with Crippen molar-refractivity contribution in [3.05, 3.63) is 59.9 Å². The Morgan fingerprint density at radius 3 is 2.50 bits per heavy atom. The van der Waals surface area contributed by atoms with E-state index < -0.39 is 11.9 Å². The van der Waals surface area contributed by atoms with Crippen molar-refractivity contribution in [1.82, 2.24) is 9.88 Å². The lowest BCUT2D eigenvalue weighted by Gasteiger charge is -2.23. The normalized spacial score (nSPS) is 10.4. The number of carbonyl (C=O) groups excluding carboxylic acids is 2. The van der Waals surface area contributed by atoms with Gasteiger partial charge in [-0.1, -0.05) is 19.9 Å². The van der Waals surface area contributed by atoms with E-state index >= 15 is 0 Å². The fraction of sp³-hybridized carbons (Fsp3) is 0.263. The van der Waals surface area contributed by atoms with Crippen LogP contribution in [0.25, 0.3) is 0 Å². The molecule has 0 atom stereocenters. The summed E-state index contributed by atoms with van der Waals surface area (Å²) in [6.45, 7) is 3.78. The molecule has 7 heteroatoms. The molecule has 2 N–H and O–H groups in total. The molecule has 2 aromatic rings. The first kappa shape index (κ1) is 19.1. The van der Waals surface area contributed by atoms with Crippen LogP contribution in [0, 0.1) is 5.92 Å². The molecule has 0 radical (unpaired) electrons. The molecule has 0 saturated carbocycles. The maximum Gasteiger partial charge on any atom is 0.323 e. The van der Waals surface area contributed by atoms with E-state index in [-0.39, 0.29) is 18.4 Å². The van der Waals surface area contributed by atoms with Crippen LogP contribution in [0.4, 0.5) is 5.69 Å². The van der Waals surface area contributed by atoms with Gasteiger partial charge in [-0.2, -0.15) is 0 Å². The van der Waals surface area contributed by atoms with Crippen molar-refractivity contribution in [1.29, 1.82) is 0 Å². The predicted molar refractivity (Wildman–Crippen MR) is 97.0 cm³/mol. The van der Waals surface area contributed by atoms with Gasteiger partial charge >= 0.3 is 5.97 Å². The van der Waals surface area contributed by atoms with Crippen LogP contribution in [0.5, 0.6) is 0 Å². The Hall–Kier alpha value is -3.22. The van der Waals surface area contributed by atoms with E-state index in [9.17, 15) is 14.4 Å². The largest absolute Gasteiger partial charge is 0.480 e. The van der Waals surface area contributed by atoms with Gasteiger partial charge in [0.05, 0.1) is 5.56 Å². The zero-order valence-electron chi connectivity index (χ0n) is 14.7. The lowest BCUT2D eigenvalue weighted by Crippen LogP contribution is -2.38. The Morgan fingerprint density at radius 1 is 1.15 bits per heavy atom. The van der Waals surface area contributed by atoms with Gasteiger partial charge in [0.25, 0.3) is 11.8 Å². The summed E-state index contributed by atoms with van der Waals surface area (Å²) in [5.41, 5.74) is 1.16. The molecular formula is C19H21N3O4. The van der Waals surface area contributed by atoms with E-state index in [2.05, 4.69) is 10.3 Å². The number of rotatable bonds is 7. The Morgan fingerprint density at radius 2 is 1.88 bits per heavy atom. The standard InChI is InChI=1S/C19H21N3O4/c1-13(2)11-22(12-17(23)24)19(26)14-5-3-7-16(9-14)21-18(25)15-6-4-8-20-10-15/h3-10,13H,11-12H2,1-2H3,(H,21,25)(H,23,24). The van der Waals surface area contributed by atoms with E-state index in [1.807, 2.05) is 13.8 Å². The molecule has 1 aromatic carbocycles. The molecule has 2 amide bonds. The molecule has 0 aliphatic heterocycles. The summed E-state index contributed by atoms with van der Waals surface area (Å²) in [7, 11) is 0. The number of carboxylic acid groups (broad SMARTS) is 1. The van der Waals surface area contributed by atoms with Gasteiger partial charge in [0.1, 0.15) is 6.54 Å². The van der Waals surface area contributed by atoms with Crippen LogP contribution >= 0.6 is 0 Å². The average molecular weight is 355 g/mol. The van der Waals surface area contributed by atoms with Gasteiger partial charge in [-0.3, -0.25) is 19.4 Å². The first-order valence-corrected chi connectivity index (χ1v) is 8.19. The molecule has 136 valence electrons. The summed E-state index contributed by atoms with van der Waals surface area (Å²) in [5.74, 6) is -1.67. The number of hydrogen-bond acceptors (Lipinski definition) is 4. The fourth-order valence-electron chi connectivity index (χ4n) is 2.44. The molecule has 26 heavy (non-hydrogen) atoms. The molecule has 0 aliphatic carbocycles. The first-order valence-electron chi connectivity index (χ1n) is 8.19. The van der Waals surface area contributed by atoms with Crippen LogP contribution < -0.4 is 5.32 Å². The molecule has 1 heterocycles. The highest BCUT2D eigenvalue weighted by molar-refractivity contribution is 6.05. The first-order chi connectivity index (χ1) is 12.4. The van der Waals surface area contributed by atoms with Crippen LogP contribution in [0.3, 0.4) is 0 Å². The number of aliphatic carboxylic acids is 1. The number of anilines is 1. The van der Waals surface area contributed by atoms with Gasteiger partial charge in [-0.15, -0.1) is 0 Å². The van der Waals surface area contributed by atoms with Gasteiger partial charge in [0.2, 0.25) is 0 Å². The number of carboxylic acids is 1. The van der Waals surface area contributed by atoms with E-state index in [0.29, 0.717) is 23.4 Å². The zero-order chi connectivity index (χ0) is 19.1. The van der Waals surface area contributed by atoms with Crippen molar-refractivity contribution >= 4 is 23.5 Å². The Kier molecular flexibility index (Phi) is 6.43. The molecule has 2 rings (SSSR count). The molecule has 7 nitrogen and oxygen atoms in total. The second-order valence-electron chi connectivity index (χ2n) is 6.25. The highest BCUT2D eigenvalue weighted by atomic mass is 16.4. The van der Waals surface area contributed by atoms with Crippen molar-refractivity contribution in [2.75, 3.05) is 18.4 Å². The topological polar surface area (TPSA) is 99.6 Å². The van der Waals surface area contributed by atoms with E-state index in [4.69, 9.17) is 5.11 Å². The fourth-order valence-corrected chi connectivity index (χ4v) is 2.44. The summed E-state index contributed by atoms with van der Waals surface area (Å²) >= 11 is 0. The van der Waals surface area contributed by atoms with E-state index in [1.165, 1.54) is 17.2 Å². The Bertz CT molecular complexity index is 790. The minimum atomic E-state index is -1.07. The monoisotopic (exact) mass is 355 g/mol. The minimum absolute atomic E-state index is 0.131.